The minimum atomic E-state index is -0.628. The number of nitrogens with zero attached hydrogens (tertiary/aromatic N) is 3. The van der Waals surface area contributed by atoms with E-state index in [0.717, 1.165) is 50.9 Å². The fraction of sp³-hybridized carbons (Fsp3) is 0.615. The first-order chi connectivity index (χ1) is 16.4. The average molecular weight is 487 g/mol. The summed E-state index contributed by atoms with van der Waals surface area (Å²) >= 11 is 1.45. The quantitative estimate of drug-likeness (QED) is 0.326. The molecule has 34 heavy (non-hydrogen) atoms. The lowest BCUT2D eigenvalue weighted by Crippen LogP contribution is -2.45. The molecule has 8 heteroatoms. The van der Waals surface area contributed by atoms with Gasteiger partial charge in [-0.3, -0.25) is 9.59 Å². The van der Waals surface area contributed by atoms with Crippen LogP contribution in [0.15, 0.2) is 40.0 Å². The van der Waals surface area contributed by atoms with Crippen molar-refractivity contribution in [3.63, 3.8) is 0 Å². The van der Waals surface area contributed by atoms with Gasteiger partial charge in [0.15, 0.2) is 0 Å². The van der Waals surface area contributed by atoms with E-state index in [1.807, 2.05) is 19.9 Å². The molecule has 0 saturated heterocycles. The SMILES string of the molecule is CC(C)CC(NC(=O)C1CCCCC1)C(=O)c1nnc(SCCN(C)CCc2ccccc2)o1. The Morgan fingerprint density at radius 2 is 1.85 bits per heavy atom. The predicted molar refractivity (Wildman–Crippen MR) is 135 cm³/mol. The Kier molecular flexibility index (Phi) is 10.6. The Balaban J connectivity index is 1.47. The first kappa shape index (κ1) is 26.4. The molecule has 186 valence electrons. The van der Waals surface area contributed by atoms with Crippen molar-refractivity contribution in [3.8, 4) is 0 Å². The molecule has 1 heterocycles. The van der Waals surface area contributed by atoms with E-state index in [2.05, 4.69) is 51.7 Å². The van der Waals surface area contributed by atoms with Gasteiger partial charge >= 0.3 is 0 Å². The Labute approximate surface area is 207 Å². The molecule has 0 aliphatic heterocycles. The van der Waals surface area contributed by atoms with Gasteiger partial charge < -0.3 is 14.6 Å². The van der Waals surface area contributed by atoms with E-state index in [1.165, 1.54) is 23.7 Å². The third kappa shape index (κ3) is 8.55. The summed E-state index contributed by atoms with van der Waals surface area (Å²) in [4.78, 5) is 28.1. The molecule has 1 aromatic heterocycles. The third-order valence-electron chi connectivity index (χ3n) is 6.26. The number of nitrogens with one attached hydrogen (secondary N) is 1. The van der Waals surface area contributed by atoms with Gasteiger partial charge in [-0.1, -0.05) is 75.2 Å². The van der Waals surface area contributed by atoms with Crippen molar-refractivity contribution in [1.29, 1.82) is 0 Å². The van der Waals surface area contributed by atoms with Crippen molar-refractivity contribution in [1.82, 2.24) is 20.4 Å². The van der Waals surface area contributed by atoms with E-state index in [1.54, 1.807) is 0 Å². The lowest BCUT2D eigenvalue weighted by molar-refractivity contribution is -0.126. The zero-order valence-electron chi connectivity index (χ0n) is 20.7. The smallest absolute Gasteiger partial charge is 0.286 e. The molecule has 1 atom stereocenters. The van der Waals surface area contributed by atoms with E-state index in [9.17, 15) is 9.59 Å². The highest BCUT2D eigenvalue weighted by atomic mass is 32.2. The normalized spacial score (nSPS) is 15.6. The van der Waals surface area contributed by atoms with Gasteiger partial charge in [-0.05, 0) is 44.2 Å². The summed E-state index contributed by atoms with van der Waals surface area (Å²) in [7, 11) is 2.10. The number of benzene rings is 1. The highest BCUT2D eigenvalue weighted by molar-refractivity contribution is 7.99. The molecular formula is C26H38N4O3S. The number of amides is 1. The van der Waals surface area contributed by atoms with Gasteiger partial charge in [-0.25, -0.2) is 0 Å². The molecule has 1 amide bonds. The molecule has 1 saturated carbocycles. The Hall–Kier alpha value is -2.19. The second-order valence-corrected chi connectivity index (χ2v) is 10.7. The lowest BCUT2D eigenvalue weighted by Gasteiger charge is -2.24. The van der Waals surface area contributed by atoms with E-state index in [0.29, 0.717) is 11.6 Å². The number of Topliss-reactive ketones (excluding diaryl/α,β-unsaturated/α-hetero) is 1. The lowest BCUT2D eigenvalue weighted by atomic mass is 9.88. The molecule has 1 aliphatic rings. The number of likely N-dealkylation sites (N-methyl/N-ethyl adjacent to an activating group) is 1. The van der Waals surface area contributed by atoms with Crippen LogP contribution in [0.5, 0.6) is 0 Å². The van der Waals surface area contributed by atoms with Crippen molar-refractivity contribution >= 4 is 23.5 Å². The molecule has 0 bridgehead atoms. The number of carbonyl (C=O) groups is 2. The zero-order valence-corrected chi connectivity index (χ0v) is 21.5. The highest BCUT2D eigenvalue weighted by Crippen LogP contribution is 2.24. The number of carbonyl (C=O) groups excluding carboxylic acids is 2. The Bertz CT molecular complexity index is 896. The number of rotatable bonds is 13. The van der Waals surface area contributed by atoms with E-state index in [4.69, 9.17) is 4.42 Å². The predicted octanol–water partition coefficient (Wildman–Crippen LogP) is 4.63. The van der Waals surface area contributed by atoms with Crippen LogP contribution in [0.2, 0.25) is 0 Å². The largest absolute Gasteiger partial charge is 0.408 e. The summed E-state index contributed by atoms with van der Waals surface area (Å²) in [6.07, 6.45) is 6.69. The average Bonchev–Trinajstić information content (AvgIpc) is 3.31. The number of hydrogen-bond donors (Lipinski definition) is 1. The molecule has 1 aliphatic carbocycles. The molecule has 0 radical (unpaired) electrons. The Morgan fingerprint density at radius 1 is 1.12 bits per heavy atom. The summed E-state index contributed by atoms with van der Waals surface area (Å²) < 4.78 is 5.67. The molecule has 1 fully saturated rings. The summed E-state index contributed by atoms with van der Waals surface area (Å²) in [6.45, 7) is 5.92. The standard InChI is InChI=1S/C26H38N4O3S/c1-19(2)18-22(27-24(32)21-12-8-5-9-13-21)23(31)25-28-29-26(33-25)34-17-16-30(3)15-14-20-10-6-4-7-11-20/h4,6-7,10-11,19,21-22H,5,8-9,12-18H2,1-3H3,(H,27,32). The van der Waals surface area contributed by atoms with Crippen LogP contribution in [0.25, 0.3) is 0 Å². The monoisotopic (exact) mass is 486 g/mol. The molecule has 1 aromatic carbocycles. The maximum atomic E-state index is 13.1. The number of thioether (sulfide) groups is 1. The van der Waals surface area contributed by atoms with E-state index in [-0.39, 0.29) is 29.4 Å². The second kappa shape index (κ2) is 13.6. The molecule has 7 nitrogen and oxygen atoms in total. The van der Waals surface area contributed by atoms with Crippen molar-refractivity contribution in [2.24, 2.45) is 11.8 Å². The van der Waals surface area contributed by atoms with Crippen LogP contribution in [-0.2, 0) is 11.2 Å². The molecule has 1 unspecified atom stereocenters. The molecule has 2 aromatic rings. The molecule has 3 rings (SSSR count). The highest BCUT2D eigenvalue weighted by Gasteiger charge is 2.30. The van der Waals surface area contributed by atoms with Crippen LogP contribution < -0.4 is 5.32 Å². The first-order valence-corrected chi connectivity index (χ1v) is 13.4. The summed E-state index contributed by atoms with van der Waals surface area (Å²) in [6, 6.07) is 9.81. The summed E-state index contributed by atoms with van der Waals surface area (Å²) in [5.74, 6) is 0.709. The topological polar surface area (TPSA) is 88.3 Å². The van der Waals surface area contributed by atoms with Crippen LogP contribution in [0, 0.1) is 11.8 Å². The van der Waals surface area contributed by atoms with Gasteiger partial charge in [-0.15, -0.1) is 10.2 Å². The summed E-state index contributed by atoms with van der Waals surface area (Å²) in [5, 5.41) is 11.4. The van der Waals surface area contributed by atoms with Crippen molar-refractivity contribution in [3.05, 3.63) is 41.8 Å². The minimum Gasteiger partial charge on any atom is -0.408 e. The Morgan fingerprint density at radius 3 is 2.56 bits per heavy atom. The van der Waals surface area contributed by atoms with Gasteiger partial charge in [0.2, 0.25) is 11.7 Å². The van der Waals surface area contributed by atoms with E-state index >= 15 is 0 Å². The number of aromatic nitrogens is 2. The first-order valence-electron chi connectivity index (χ1n) is 12.5. The van der Waals surface area contributed by atoms with Crippen molar-refractivity contribution < 1.29 is 14.0 Å². The summed E-state index contributed by atoms with van der Waals surface area (Å²) in [5.41, 5.74) is 1.33. The minimum absolute atomic E-state index is 0.00361. The van der Waals surface area contributed by atoms with Crippen LogP contribution in [0.3, 0.4) is 0 Å². The van der Waals surface area contributed by atoms with Gasteiger partial charge in [0.1, 0.15) is 0 Å². The number of hydrogen-bond acceptors (Lipinski definition) is 7. The fourth-order valence-electron chi connectivity index (χ4n) is 4.24. The molecular weight excluding hydrogens is 448 g/mol. The van der Waals surface area contributed by atoms with Gasteiger partial charge in [0, 0.05) is 24.8 Å². The third-order valence-corrected chi connectivity index (χ3v) is 7.06. The fourth-order valence-corrected chi connectivity index (χ4v) is 5.05. The van der Waals surface area contributed by atoms with Crippen LogP contribution in [0.1, 0.15) is 68.6 Å². The second-order valence-electron chi connectivity index (χ2n) is 9.65. The molecule has 1 N–H and O–H groups in total. The van der Waals surface area contributed by atoms with Crippen molar-refractivity contribution in [2.75, 3.05) is 25.9 Å². The maximum absolute atomic E-state index is 13.1. The number of ketones is 1. The van der Waals surface area contributed by atoms with Gasteiger partial charge in [0.05, 0.1) is 6.04 Å². The van der Waals surface area contributed by atoms with Crippen LogP contribution in [0.4, 0.5) is 0 Å². The van der Waals surface area contributed by atoms with Gasteiger partial charge in [0.25, 0.3) is 11.1 Å². The van der Waals surface area contributed by atoms with Crippen molar-refractivity contribution in [2.45, 2.75) is 70.1 Å². The zero-order chi connectivity index (χ0) is 24.3. The van der Waals surface area contributed by atoms with Gasteiger partial charge in [-0.2, -0.15) is 0 Å². The van der Waals surface area contributed by atoms with Crippen LogP contribution in [-0.4, -0.2) is 58.7 Å². The molecule has 0 spiro atoms. The van der Waals surface area contributed by atoms with Crippen LogP contribution >= 0.6 is 11.8 Å². The maximum Gasteiger partial charge on any atom is 0.286 e. The van der Waals surface area contributed by atoms with E-state index < -0.39 is 6.04 Å².